The zero-order chi connectivity index (χ0) is 29.2. The zero-order valence-electron chi connectivity index (χ0n) is 24.8. The number of likely N-dealkylation sites (tertiary alicyclic amines) is 1. The molecule has 0 unspecified atom stereocenters. The van der Waals surface area contributed by atoms with Crippen LogP contribution in [0.15, 0.2) is 41.0 Å². The molecule has 0 radical (unpaired) electrons. The molecule has 2 saturated heterocycles. The van der Waals surface area contributed by atoms with E-state index in [1.54, 1.807) is 19.9 Å². The van der Waals surface area contributed by atoms with Gasteiger partial charge in [-0.1, -0.05) is 12.8 Å². The summed E-state index contributed by atoms with van der Waals surface area (Å²) >= 11 is 0. The number of hydrogen-bond donors (Lipinski definition) is 0. The van der Waals surface area contributed by atoms with Crippen molar-refractivity contribution in [3.8, 4) is 0 Å². The number of amides is 1. The van der Waals surface area contributed by atoms with Crippen LogP contribution in [0.5, 0.6) is 0 Å². The van der Waals surface area contributed by atoms with Crippen molar-refractivity contribution in [2.24, 2.45) is 17.8 Å². The summed E-state index contributed by atoms with van der Waals surface area (Å²) in [5, 5.41) is 7.87. The van der Waals surface area contributed by atoms with Gasteiger partial charge in [0.25, 0.3) is 0 Å². The minimum Gasteiger partial charge on any atom is -0.368 e. The lowest BCUT2D eigenvalue weighted by atomic mass is 9.69. The number of piperazine rings is 1. The van der Waals surface area contributed by atoms with Crippen molar-refractivity contribution in [3.05, 3.63) is 53.1 Å². The van der Waals surface area contributed by atoms with Crippen LogP contribution in [0.3, 0.4) is 0 Å². The Labute approximate surface area is 247 Å². The number of rotatable bonds is 8. The van der Waals surface area contributed by atoms with E-state index in [0.717, 1.165) is 87.4 Å². The van der Waals surface area contributed by atoms with Gasteiger partial charge in [0.1, 0.15) is 11.0 Å². The number of Topliss-reactive ketones (excluding diaryl/α,β-unsaturated/α-hetero) is 2. The Kier molecular flexibility index (Phi) is 8.38. The molecule has 3 heterocycles. The maximum atomic E-state index is 14.0. The topological polar surface area (TPSA) is 99.9 Å². The molecule has 9 heteroatoms. The van der Waals surface area contributed by atoms with Crippen LogP contribution in [0.2, 0.25) is 0 Å². The summed E-state index contributed by atoms with van der Waals surface area (Å²) < 4.78 is 4.85. The number of fused-ring (bicyclic) bond motifs is 2. The van der Waals surface area contributed by atoms with Crippen LogP contribution in [0.25, 0.3) is 11.0 Å². The summed E-state index contributed by atoms with van der Waals surface area (Å²) in [7, 11) is 0. The predicted molar refractivity (Wildman–Crippen MR) is 161 cm³/mol. The van der Waals surface area contributed by atoms with Crippen molar-refractivity contribution in [1.82, 2.24) is 20.1 Å². The molecule has 2 aromatic carbocycles. The van der Waals surface area contributed by atoms with E-state index in [2.05, 4.69) is 25.0 Å². The number of hydrogen-bond acceptors (Lipinski definition) is 8. The predicted octanol–water partition coefficient (Wildman–Crippen LogP) is 4.65. The number of ketones is 2. The number of aryl methyl sites for hydroxylation is 1. The molecule has 222 valence electrons. The lowest BCUT2D eigenvalue weighted by molar-refractivity contribution is -0.142. The molecule has 9 nitrogen and oxygen atoms in total. The number of nitrogens with zero attached hydrogens (tertiary/aromatic N) is 5. The third-order valence-corrected chi connectivity index (χ3v) is 9.69. The number of carbonyl (C=O) groups excluding carboxylic acids is 3. The van der Waals surface area contributed by atoms with Crippen molar-refractivity contribution in [1.29, 1.82) is 0 Å². The summed E-state index contributed by atoms with van der Waals surface area (Å²) in [5.74, 6) is 1.40. The molecule has 3 fully saturated rings. The average molecular weight is 572 g/mol. The number of piperidine rings is 1. The number of benzene rings is 2. The van der Waals surface area contributed by atoms with E-state index in [1.165, 1.54) is 19.3 Å². The molecule has 1 amide bonds. The highest BCUT2D eigenvalue weighted by Crippen LogP contribution is 2.40. The Morgan fingerprint density at radius 3 is 2.31 bits per heavy atom. The van der Waals surface area contributed by atoms with Crippen molar-refractivity contribution in [2.45, 2.75) is 52.4 Å². The summed E-state index contributed by atoms with van der Waals surface area (Å²) in [6.45, 7) is 8.95. The zero-order valence-corrected chi connectivity index (χ0v) is 24.8. The van der Waals surface area contributed by atoms with Gasteiger partial charge in [-0.3, -0.25) is 14.4 Å². The molecule has 0 N–H and O–H groups in total. The molecule has 1 saturated carbocycles. The van der Waals surface area contributed by atoms with E-state index in [-0.39, 0.29) is 17.5 Å². The van der Waals surface area contributed by atoms with Gasteiger partial charge in [0.15, 0.2) is 11.6 Å². The molecule has 6 rings (SSSR count). The summed E-state index contributed by atoms with van der Waals surface area (Å²) in [5.41, 5.74) is 4.82. The first-order valence-corrected chi connectivity index (χ1v) is 15.5. The summed E-state index contributed by atoms with van der Waals surface area (Å²) in [6.07, 6.45) is 6.59. The van der Waals surface area contributed by atoms with Gasteiger partial charge in [0, 0.05) is 56.1 Å². The second-order valence-electron chi connectivity index (χ2n) is 12.5. The van der Waals surface area contributed by atoms with E-state index in [0.29, 0.717) is 28.9 Å². The largest absolute Gasteiger partial charge is 0.368 e. The minimum absolute atomic E-state index is 0.0192. The second kappa shape index (κ2) is 12.3. The first-order chi connectivity index (χ1) is 20.4. The van der Waals surface area contributed by atoms with Crippen LogP contribution in [0.1, 0.15) is 72.2 Å². The van der Waals surface area contributed by atoms with Crippen molar-refractivity contribution >= 4 is 34.2 Å². The fraction of sp³-hybridized carbons (Fsp3) is 0.545. The molecule has 0 bridgehead atoms. The minimum atomic E-state index is -0.0192. The average Bonchev–Trinajstić information content (AvgIpc) is 3.48. The van der Waals surface area contributed by atoms with E-state index >= 15 is 0 Å². The normalized spacial score (nSPS) is 23.1. The third kappa shape index (κ3) is 6.11. The summed E-state index contributed by atoms with van der Waals surface area (Å²) in [4.78, 5) is 45.0. The molecule has 1 aliphatic carbocycles. The Morgan fingerprint density at radius 2 is 1.57 bits per heavy atom. The molecule has 3 aromatic rings. The van der Waals surface area contributed by atoms with Crippen molar-refractivity contribution in [2.75, 3.05) is 50.7 Å². The van der Waals surface area contributed by atoms with Gasteiger partial charge in [-0.2, -0.15) is 0 Å². The van der Waals surface area contributed by atoms with Crippen LogP contribution < -0.4 is 4.90 Å². The lowest BCUT2D eigenvalue weighted by Crippen LogP contribution is -2.56. The Hall–Kier alpha value is -3.59. The van der Waals surface area contributed by atoms with Gasteiger partial charge in [-0.05, 0) is 110 Å². The maximum absolute atomic E-state index is 14.0. The van der Waals surface area contributed by atoms with Crippen LogP contribution in [0, 0.1) is 17.8 Å². The van der Waals surface area contributed by atoms with E-state index in [9.17, 15) is 14.4 Å². The molecule has 42 heavy (non-hydrogen) atoms. The van der Waals surface area contributed by atoms with Gasteiger partial charge >= 0.3 is 0 Å². The van der Waals surface area contributed by atoms with Gasteiger partial charge in [0.05, 0.1) is 5.92 Å². The van der Waals surface area contributed by atoms with Crippen LogP contribution >= 0.6 is 0 Å². The maximum Gasteiger partial charge on any atom is 0.227 e. The highest BCUT2D eigenvalue weighted by molar-refractivity contribution is 5.99. The van der Waals surface area contributed by atoms with E-state index in [4.69, 9.17) is 4.63 Å². The van der Waals surface area contributed by atoms with Crippen molar-refractivity contribution in [3.63, 3.8) is 0 Å². The first kappa shape index (κ1) is 28.5. The van der Waals surface area contributed by atoms with Gasteiger partial charge in [-0.15, -0.1) is 0 Å². The standard InChI is InChI=1S/C33H41N5O4/c1-22(39)26-16-24(17-27(18-26)23(2)40)6-5-11-36-20-25-7-3-4-8-29(25)30(21-36)33(41)38-14-12-37(13-15-38)28-9-10-31-32(19-28)35-42-34-31/h9-10,16-19,25,29-30H,3-8,11-15,20-21H2,1-2H3/t25-,29+,30-/m1/s1. The summed E-state index contributed by atoms with van der Waals surface area (Å²) in [6, 6.07) is 11.5. The highest BCUT2D eigenvalue weighted by atomic mass is 16.6. The Bertz CT molecular complexity index is 1430. The number of anilines is 1. The molecule has 2 aliphatic heterocycles. The fourth-order valence-corrected chi connectivity index (χ4v) is 7.39. The number of aromatic nitrogens is 2. The monoisotopic (exact) mass is 571 g/mol. The molecule has 1 aromatic heterocycles. The molecule has 0 spiro atoms. The molecule has 3 atom stereocenters. The van der Waals surface area contributed by atoms with Gasteiger partial charge in [0.2, 0.25) is 5.91 Å². The Morgan fingerprint density at radius 1 is 0.857 bits per heavy atom. The van der Waals surface area contributed by atoms with Crippen LogP contribution in [-0.4, -0.2) is 83.4 Å². The third-order valence-electron chi connectivity index (χ3n) is 9.69. The van der Waals surface area contributed by atoms with Crippen LogP contribution in [0.4, 0.5) is 5.69 Å². The fourth-order valence-electron chi connectivity index (χ4n) is 7.39. The second-order valence-corrected chi connectivity index (χ2v) is 12.5. The van der Waals surface area contributed by atoms with E-state index in [1.807, 2.05) is 30.3 Å². The van der Waals surface area contributed by atoms with E-state index < -0.39 is 0 Å². The SMILES string of the molecule is CC(=O)c1cc(CCCN2C[C@H]3CCCC[C@@H]3[C@H](C(=O)N3CCN(c4ccc5nonc5c4)CC3)C2)cc(C(C)=O)c1. The van der Waals surface area contributed by atoms with Gasteiger partial charge < -0.3 is 14.7 Å². The lowest BCUT2D eigenvalue weighted by Gasteiger charge is -2.47. The Balaban J connectivity index is 1.08. The van der Waals surface area contributed by atoms with Crippen LogP contribution in [-0.2, 0) is 11.2 Å². The quantitative estimate of drug-likeness (QED) is 0.361. The molecule has 3 aliphatic rings. The molecular weight excluding hydrogens is 530 g/mol. The smallest absolute Gasteiger partial charge is 0.227 e. The van der Waals surface area contributed by atoms with Crippen molar-refractivity contribution < 1.29 is 19.0 Å². The number of carbonyl (C=O) groups is 3. The molecular formula is C33H41N5O4. The first-order valence-electron chi connectivity index (χ1n) is 15.5. The highest BCUT2D eigenvalue weighted by Gasteiger charge is 2.43. The van der Waals surface area contributed by atoms with Gasteiger partial charge in [-0.25, -0.2) is 4.63 Å².